The van der Waals surface area contributed by atoms with Crippen molar-refractivity contribution >= 4 is 5.69 Å². The van der Waals surface area contributed by atoms with Crippen molar-refractivity contribution in [1.29, 1.82) is 0 Å². The molecule has 0 bridgehead atoms. The predicted molar refractivity (Wildman–Crippen MR) is 58.9 cm³/mol. The molecule has 2 unspecified atom stereocenters. The summed E-state index contributed by atoms with van der Waals surface area (Å²) in [7, 11) is 3.36. The second-order valence-corrected chi connectivity index (χ2v) is 4.28. The molecule has 0 saturated heterocycles. The first-order valence-corrected chi connectivity index (χ1v) is 5.33. The van der Waals surface area contributed by atoms with Gasteiger partial charge in [-0.3, -0.25) is 0 Å². The highest BCUT2D eigenvalue weighted by molar-refractivity contribution is 5.64. The first-order valence-electron chi connectivity index (χ1n) is 5.33. The molecule has 1 saturated carbocycles. The highest BCUT2D eigenvalue weighted by Crippen LogP contribution is 2.54. The van der Waals surface area contributed by atoms with E-state index in [1.54, 1.807) is 14.2 Å². The Balaban J connectivity index is 2.08. The molecule has 2 aliphatic rings. The number of anilines is 1. The molecule has 1 aromatic rings. The summed E-state index contributed by atoms with van der Waals surface area (Å²) in [4.78, 5) is 0. The van der Waals surface area contributed by atoms with Crippen LogP contribution in [0.4, 0.5) is 5.69 Å². The first kappa shape index (κ1) is 8.89. The van der Waals surface area contributed by atoms with Crippen molar-refractivity contribution in [3.63, 3.8) is 0 Å². The van der Waals surface area contributed by atoms with Crippen LogP contribution in [0.3, 0.4) is 0 Å². The van der Waals surface area contributed by atoms with Crippen LogP contribution < -0.4 is 14.8 Å². The zero-order chi connectivity index (χ0) is 10.4. The zero-order valence-corrected chi connectivity index (χ0v) is 9.04. The highest BCUT2D eigenvalue weighted by atomic mass is 16.5. The average Bonchev–Trinajstić information content (AvgIpc) is 3.06. The summed E-state index contributed by atoms with van der Waals surface area (Å²) in [5, 5.41) is 3.44. The van der Waals surface area contributed by atoms with Gasteiger partial charge in [-0.1, -0.05) is 0 Å². The summed E-state index contributed by atoms with van der Waals surface area (Å²) >= 11 is 0. The van der Waals surface area contributed by atoms with E-state index in [9.17, 15) is 0 Å². The van der Waals surface area contributed by atoms with Crippen molar-refractivity contribution in [2.24, 2.45) is 5.92 Å². The number of hydrogen-bond acceptors (Lipinski definition) is 3. The Hall–Kier alpha value is -1.38. The number of benzene rings is 1. The molecule has 0 radical (unpaired) electrons. The number of methoxy groups -OCH3 is 2. The molecular weight excluding hydrogens is 190 g/mol. The van der Waals surface area contributed by atoms with Crippen LogP contribution in [0.25, 0.3) is 0 Å². The fourth-order valence-electron chi connectivity index (χ4n) is 2.45. The number of rotatable bonds is 2. The molecule has 1 N–H and O–H groups in total. The smallest absolute Gasteiger partial charge is 0.162 e. The molecule has 1 aliphatic carbocycles. The minimum absolute atomic E-state index is 0.751. The third kappa shape index (κ3) is 1.26. The molecule has 3 rings (SSSR count). The second-order valence-electron chi connectivity index (χ2n) is 4.28. The van der Waals surface area contributed by atoms with Crippen molar-refractivity contribution < 1.29 is 9.47 Å². The van der Waals surface area contributed by atoms with Gasteiger partial charge in [0, 0.05) is 18.3 Å². The zero-order valence-electron chi connectivity index (χ0n) is 9.04. The minimum atomic E-state index is 0.751. The van der Waals surface area contributed by atoms with E-state index in [0.29, 0.717) is 0 Å². The Bertz CT molecular complexity index is 403. The lowest BCUT2D eigenvalue weighted by atomic mass is 10.0. The van der Waals surface area contributed by atoms with Gasteiger partial charge in [0.15, 0.2) is 11.5 Å². The van der Waals surface area contributed by atoms with E-state index in [4.69, 9.17) is 9.47 Å². The summed E-state index contributed by atoms with van der Waals surface area (Å²) in [6, 6.07) is 4.16. The highest BCUT2D eigenvalue weighted by Gasteiger charge is 2.42. The van der Waals surface area contributed by atoms with E-state index in [1.165, 1.54) is 17.7 Å². The van der Waals surface area contributed by atoms with E-state index >= 15 is 0 Å². The van der Waals surface area contributed by atoms with Crippen molar-refractivity contribution in [2.75, 3.05) is 26.1 Å². The maximum atomic E-state index is 5.32. The van der Waals surface area contributed by atoms with Gasteiger partial charge in [-0.25, -0.2) is 0 Å². The van der Waals surface area contributed by atoms with Crippen LogP contribution >= 0.6 is 0 Å². The molecule has 1 aliphatic heterocycles. The van der Waals surface area contributed by atoms with E-state index in [-0.39, 0.29) is 0 Å². The topological polar surface area (TPSA) is 30.5 Å². The van der Waals surface area contributed by atoms with Crippen LogP contribution in [-0.2, 0) is 0 Å². The van der Waals surface area contributed by atoms with Crippen LogP contribution in [0.1, 0.15) is 17.9 Å². The Morgan fingerprint density at radius 2 is 1.93 bits per heavy atom. The lowest BCUT2D eigenvalue weighted by molar-refractivity contribution is 0.354. The van der Waals surface area contributed by atoms with Crippen LogP contribution in [0.2, 0.25) is 0 Å². The summed E-state index contributed by atoms with van der Waals surface area (Å²) in [6.45, 7) is 1.10. The van der Waals surface area contributed by atoms with E-state index in [1.807, 2.05) is 6.07 Å². The maximum absolute atomic E-state index is 5.32. The number of ether oxygens (including phenoxy) is 2. The van der Waals surface area contributed by atoms with Crippen molar-refractivity contribution in [3.05, 3.63) is 17.7 Å². The van der Waals surface area contributed by atoms with E-state index in [2.05, 4.69) is 11.4 Å². The molecule has 1 aromatic carbocycles. The Morgan fingerprint density at radius 1 is 1.20 bits per heavy atom. The van der Waals surface area contributed by atoms with Gasteiger partial charge in [-0.05, 0) is 29.9 Å². The summed E-state index contributed by atoms with van der Waals surface area (Å²) in [5.74, 6) is 3.24. The van der Waals surface area contributed by atoms with Gasteiger partial charge in [0.1, 0.15) is 0 Å². The monoisotopic (exact) mass is 205 g/mol. The molecule has 15 heavy (non-hydrogen) atoms. The molecule has 0 spiro atoms. The molecule has 3 nitrogen and oxygen atoms in total. The molecule has 80 valence electrons. The molecule has 1 fully saturated rings. The SMILES string of the molecule is COc1cc2c(cc1OC)C1CC1CN2. The van der Waals surface area contributed by atoms with Crippen LogP contribution in [0.5, 0.6) is 11.5 Å². The van der Waals surface area contributed by atoms with Gasteiger partial charge in [0.2, 0.25) is 0 Å². The number of hydrogen-bond donors (Lipinski definition) is 1. The molecular formula is C12H15NO2. The van der Waals surface area contributed by atoms with Gasteiger partial charge >= 0.3 is 0 Å². The maximum Gasteiger partial charge on any atom is 0.162 e. The Morgan fingerprint density at radius 3 is 2.67 bits per heavy atom. The second kappa shape index (κ2) is 3.05. The molecule has 2 atom stereocenters. The lowest BCUT2D eigenvalue weighted by Crippen LogP contribution is -2.12. The summed E-state index contributed by atoms with van der Waals surface area (Å²) in [6.07, 6.45) is 1.31. The molecule has 0 amide bonds. The van der Waals surface area contributed by atoms with Crippen LogP contribution in [-0.4, -0.2) is 20.8 Å². The minimum Gasteiger partial charge on any atom is -0.493 e. The standard InChI is InChI=1S/C12H15NO2/c1-14-11-4-9-8-3-7(8)6-13-10(9)5-12(11)15-2/h4-5,7-8,13H,3,6H2,1-2H3. The Labute approximate surface area is 89.4 Å². The average molecular weight is 205 g/mol. The normalized spacial score (nSPS) is 26.0. The van der Waals surface area contributed by atoms with E-state index < -0.39 is 0 Å². The van der Waals surface area contributed by atoms with Crippen LogP contribution in [0, 0.1) is 5.92 Å². The quantitative estimate of drug-likeness (QED) is 0.803. The first-order chi connectivity index (χ1) is 7.33. The third-order valence-corrected chi connectivity index (χ3v) is 3.43. The van der Waals surface area contributed by atoms with Gasteiger partial charge in [-0.15, -0.1) is 0 Å². The third-order valence-electron chi connectivity index (χ3n) is 3.43. The predicted octanol–water partition coefficient (Wildman–Crippen LogP) is 2.23. The molecule has 3 heteroatoms. The number of fused-ring (bicyclic) bond motifs is 3. The molecule has 1 heterocycles. The van der Waals surface area contributed by atoms with Crippen LogP contribution in [0.15, 0.2) is 12.1 Å². The van der Waals surface area contributed by atoms with Crippen molar-refractivity contribution in [2.45, 2.75) is 12.3 Å². The summed E-state index contributed by atoms with van der Waals surface area (Å²) < 4.78 is 10.6. The van der Waals surface area contributed by atoms with Gasteiger partial charge in [0.05, 0.1) is 14.2 Å². The van der Waals surface area contributed by atoms with Crippen molar-refractivity contribution in [1.82, 2.24) is 0 Å². The Kier molecular flexibility index (Phi) is 1.81. The van der Waals surface area contributed by atoms with Gasteiger partial charge in [0.25, 0.3) is 0 Å². The fraction of sp³-hybridized carbons (Fsp3) is 0.500. The van der Waals surface area contributed by atoms with Gasteiger partial charge in [-0.2, -0.15) is 0 Å². The van der Waals surface area contributed by atoms with Crippen molar-refractivity contribution in [3.8, 4) is 11.5 Å². The summed E-state index contributed by atoms with van der Waals surface area (Å²) in [5.41, 5.74) is 2.61. The van der Waals surface area contributed by atoms with E-state index in [0.717, 1.165) is 29.9 Å². The fourth-order valence-corrected chi connectivity index (χ4v) is 2.45. The lowest BCUT2D eigenvalue weighted by Gasteiger charge is -2.19. The molecule has 0 aromatic heterocycles. The largest absolute Gasteiger partial charge is 0.493 e. The number of nitrogens with one attached hydrogen (secondary N) is 1. The van der Waals surface area contributed by atoms with Gasteiger partial charge < -0.3 is 14.8 Å².